The third kappa shape index (κ3) is 1.31. The van der Waals surface area contributed by atoms with E-state index in [0.29, 0.717) is 4.68 Å². The van der Waals surface area contributed by atoms with Gasteiger partial charge in [0.2, 0.25) is 5.91 Å². The topological polar surface area (TPSA) is 97.9 Å². The highest BCUT2D eigenvalue weighted by atomic mass is 16.2. The molecule has 2 rings (SSSR count). The minimum atomic E-state index is -0.575. The normalized spacial score (nSPS) is 10.6. The van der Waals surface area contributed by atoms with Crippen LogP contribution in [-0.4, -0.2) is 15.7 Å². The number of nitrogens with two attached hydrogens (primary N) is 1. The lowest BCUT2D eigenvalue weighted by Crippen LogP contribution is -2.33. The van der Waals surface area contributed by atoms with Crippen LogP contribution in [0.25, 0.3) is 10.8 Å². The van der Waals surface area contributed by atoms with Crippen molar-refractivity contribution >= 4 is 22.4 Å². The van der Waals surface area contributed by atoms with Crippen LogP contribution in [0.1, 0.15) is 11.7 Å². The van der Waals surface area contributed by atoms with Crippen molar-refractivity contribution < 1.29 is 4.79 Å². The monoisotopic (exact) mass is 219 g/mol. The van der Waals surface area contributed by atoms with E-state index in [1.807, 2.05) is 0 Å². The summed E-state index contributed by atoms with van der Waals surface area (Å²) < 4.78 is 0.671. The SMILES string of the molecule is CC(=O)n1[nH]c(=O)c2c(N)cccc2c1=O. The maximum Gasteiger partial charge on any atom is 0.280 e. The molecule has 0 spiro atoms. The van der Waals surface area contributed by atoms with Crippen LogP contribution >= 0.6 is 0 Å². The number of H-pyrrole nitrogens is 1. The fourth-order valence-electron chi connectivity index (χ4n) is 1.55. The van der Waals surface area contributed by atoms with Crippen molar-refractivity contribution in [1.82, 2.24) is 9.78 Å². The van der Waals surface area contributed by atoms with Crippen LogP contribution in [0, 0.1) is 0 Å². The largest absolute Gasteiger partial charge is 0.398 e. The standard InChI is InChI=1S/C10H9N3O3/c1-5(14)13-10(16)6-3-2-4-7(11)8(6)9(15)12-13/h2-4H,11H2,1H3,(H,12,15). The van der Waals surface area contributed by atoms with E-state index in [2.05, 4.69) is 5.10 Å². The van der Waals surface area contributed by atoms with E-state index in [-0.39, 0.29) is 16.5 Å². The highest BCUT2D eigenvalue weighted by molar-refractivity contribution is 5.92. The van der Waals surface area contributed by atoms with E-state index >= 15 is 0 Å². The number of nitrogens with zero attached hydrogens (tertiary/aromatic N) is 1. The molecule has 0 fully saturated rings. The summed E-state index contributed by atoms with van der Waals surface area (Å²) in [6.07, 6.45) is 0. The van der Waals surface area contributed by atoms with Crippen molar-refractivity contribution in [3.8, 4) is 0 Å². The first-order valence-electron chi connectivity index (χ1n) is 4.57. The summed E-state index contributed by atoms with van der Waals surface area (Å²) in [6, 6.07) is 4.54. The average molecular weight is 219 g/mol. The predicted molar refractivity (Wildman–Crippen MR) is 59.5 cm³/mol. The molecule has 1 aromatic heterocycles. The average Bonchev–Trinajstić information content (AvgIpc) is 2.22. The second-order valence-electron chi connectivity index (χ2n) is 3.37. The summed E-state index contributed by atoms with van der Waals surface area (Å²) in [7, 11) is 0. The number of carbonyl (C=O) groups excluding carboxylic acids is 1. The number of anilines is 1. The van der Waals surface area contributed by atoms with Gasteiger partial charge in [0.05, 0.1) is 10.8 Å². The van der Waals surface area contributed by atoms with Gasteiger partial charge in [-0.1, -0.05) is 6.07 Å². The number of fused-ring (bicyclic) bond motifs is 1. The molecule has 3 N–H and O–H groups in total. The molecule has 1 heterocycles. The van der Waals surface area contributed by atoms with Crippen molar-refractivity contribution in [3.05, 3.63) is 38.9 Å². The van der Waals surface area contributed by atoms with Crippen LogP contribution in [0.4, 0.5) is 5.69 Å². The summed E-state index contributed by atoms with van der Waals surface area (Å²) in [6.45, 7) is 1.19. The molecule has 0 atom stereocenters. The molecule has 0 saturated heterocycles. The van der Waals surface area contributed by atoms with E-state index in [9.17, 15) is 14.4 Å². The molecule has 6 heteroatoms. The van der Waals surface area contributed by atoms with Crippen molar-refractivity contribution in [2.24, 2.45) is 0 Å². The zero-order valence-corrected chi connectivity index (χ0v) is 8.48. The van der Waals surface area contributed by atoms with E-state index in [1.54, 1.807) is 6.07 Å². The fraction of sp³-hybridized carbons (Fsp3) is 0.100. The van der Waals surface area contributed by atoms with Crippen molar-refractivity contribution in [3.63, 3.8) is 0 Å². The Bertz CT molecular complexity index is 697. The van der Waals surface area contributed by atoms with Crippen molar-refractivity contribution in [1.29, 1.82) is 0 Å². The smallest absolute Gasteiger partial charge is 0.280 e. The number of nitrogen functional groups attached to an aromatic ring is 1. The Balaban J connectivity index is 3.09. The summed E-state index contributed by atoms with van der Waals surface area (Å²) in [4.78, 5) is 34.5. The number of hydrogen-bond donors (Lipinski definition) is 2. The van der Waals surface area contributed by atoms with Gasteiger partial charge >= 0.3 is 0 Å². The zero-order valence-electron chi connectivity index (χ0n) is 8.48. The third-order valence-corrected chi connectivity index (χ3v) is 2.29. The fourth-order valence-corrected chi connectivity index (χ4v) is 1.55. The van der Waals surface area contributed by atoms with Gasteiger partial charge in [0.15, 0.2) is 0 Å². The molecule has 0 amide bonds. The molecule has 0 saturated carbocycles. The molecule has 0 aliphatic heterocycles. The van der Waals surface area contributed by atoms with Crippen LogP contribution in [0.2, 0.25) is 0 Å². The van der Waals surface area contributed by atoms with Gasteiger partial charge in [-0.05, 0) is 12.1 Å². The summed E-state index contributed by atoms with van der Waals surface area (Å²) >= 11 is 0. The van der Waals surface area contributed by atoms with Gasteiger partial charge in [-0.15, -0.1) is 0 Å². The molecule has 0 radical (unpaired) electrons. The van der Waals surface area contributed by atoms with Gasteiger partial charge in [-0.25, -0.2) is 0 Å². The first kappa shape index (κ1) is 10.2. The molecule has 1 aromatic carbocycles. The van der Waals surface area contributed by atoms with Gasteiger partial charge < -0.3 is 5.73 Å². The third-order valence-electron chi connectivity index (χ3n) is 2.29. The van der Waals surface area contributed by atoms with Gasteiger partial charge in [0.25, 0.3) is 11.1 Å². The van der Waals surface area contributed by atoms with Crippen LogP contribution in [-0.2, 0) is 0 Å². The van der Waals surface area contributed by atoms with E-state index in [1.165, 1.54) is 19.1 Å². The highest BCUT2D eigenvalue weighted by Gasteiger charge is 2.11. The number of aromatic nitrogens is 2. The number of hydrogen-bond acceptors (Lipinski definition) is 4. The summed E-state index contributed by atoms with van der Waals surface area (Å²) in [5.41, 5.74) is 4.69. The van der Waals surface area contributed by atoms with Gasteiger partial charge in [-0.2, -0.15) is 4.68 Å². The maximum absolute atomic E-state index is 11.8. The first-order chi connectivity index (χ1) is 7.52. The Morgan fingerprint density at radius 2 is 2.06 bits per heavy atom. The Morgan fingerprint density at radius 3 is 2.69 bits per heavy atom. The molecule has 0 aliphatic carbocycles. The van der Waals surface area contributed by atoms with E-state index in [4.69, 9.17) is 5.73 Å². The minimum absolute atomic E-state index is 0.116. The second-order valence-corrected chi connectivity index (χ2v) is 3.37. The lowest BCUT2D eigenvalue weighted by molar-refractivity contribution is 0.0915. The molecule has 16 heavy (non-hydrogen) atoms. The number of benzene rings is 1. The number of nitrogens with one attached hydrogen (secondary N) is 1. The molecule has 2 aromatic rings. The Labute approximate surface area is 89.3 Å². The lowest BCUT2D eigenvalue weighted by atomic mass is 10.1. The zero-order chi connectivity index (χ0) is 11.9. The van der Waals surface area contributed by atoms with E-state index < -0.39 is 17.0 Å². The quantitative estimate of drug-likeness (QED) is 0.606. The molecule has 0 aliphatic rings. The second kappa shape index (κ2) is 3.34. The van der Waals surface area contributed by atoms with Crippen LogP contribution in [0.3, 0.4) is 0 Å². The molecule has 0 unspecified atom stereocenters. The Kier molecular flexibility index (Phi) is 2.12. The number of rotatable bonds is 0. The number of carbonyl (C=O) groups is 1. The van der Waals surface area contributed by atoms with Crippen LogP contribution in [0.5, 0.6) is 0 Å². The van der Waals surface area contributed by atoms with Gasteiger partial charge in [-0.3, -0.25) is 19.5 Å². The van der Waals surface area contributed by atoms with Crippen molar-refractivity contribution in [2.75, 3.05) is 5.73 Å². The minimum Gasteiger partial charge on any atom is -0.398 e. The van der Waals surface area contributed by atoms with Gasteiger partial charge in [0, 0.05) is 12.6 Å². The Morgan fingerprint density at radius 1 is 1.38 bits per heavy atom. The maximum atomic E-state index is 11.8. The molecular formula is C10H9N3O3. The molecule has 0 bridgehead atoms. The van der Waals surface area contributed by atoms with Crippen LogP contribution in [0.15, 0.2) is 27.8 Å². The van der Waals surface area contributed by atoms with E-state index in [0.717, 1.165) is 0 Å². The molecule has 6 nitrogen and oxygen atoms in total. The Hall–Kier alpha value is -2.37. The highest BCUT2D eigenvalue weighted by Crippen LogP contribution is 2.12. The lowest BCUT2D eigenvalue weighted by Gasteiger charge is -2.04. The first-order valence-corrected chi connectivity index (χ1v) is 4.57. The predicted octanol–water partition coefficient (Wildman–Crippen LogP) is -0.0679. The number of aromatic amines is 1. The van der Waals surface area contributed by atoms with Crippen molar-refractivity contribution in [2.45, 2.75) is 6.92 Å². The summed E-state index contributed by atoms with van der Waals surface area (Å²) in [5.74, 6) is -0.550. The summed E-state index contributed by atoms with van der Waals surface area (Å²) in [5, 5.41) is 2.43. The molecular weight excluding hydrogens is 210 g/mol. The molecule has 82 valence electrons. The van der Waals surface area contributed by atoms with Crippen LogP contribution < -0.4 is 16.9 Å². The van der Waals surface area contributed by atoms with Gasteiger partial charge in [0.1, 0.15) is 0 Å².